The maximum absolute atomic E-state index is 4.89. The Labute approximate surface area is 78.2 Å². The van der Waals surface area contributed by atoms with E-state index in [1.54, 1.807) is 18.9 Å². The van der Waals surface area contributed by atoms with Crippen molar-refractivity contribution in [2.24, 2.45) is 0 Å². The zero-order chi connectivity index (χ0) is 8.10. The first kappa shape index (κ1) is 9.18. The van der Waals surface area contributed by atoms with Gasteiger partial charge in [0.25, 0.3) is 0 Å². The minimum absolute atomic E-state index is 0.727. The SMILES string of the molecule is COCCSc1n[nH]c(=S)s1. The van der Waals surface area contributed by atoms with Crippen LogP contribution in [0.1, 0.15) is 0 Å². The van der Waals surface area contributed by atoms with E-state index in [9.17, 15) is 0 Å². The summed E-state index contributed by atoms with van der Waals surface area (Å²) in [6, 6.07) is 0. The number of nitrogens with zero attached hydrogens (tertiary/aromatic N) is 1. The lowest BCUT2D eigenvalue weighted by Crippen LogP contribution is -1.90. The largest absolute Gasteiger partial charge is 0.384 e. The highest BCUT2D eigenvalue weighted by atomic mass is 32.2. The maximum atomic E-state index is 4.89. The van der Waals surface area contributed by atoms with Gasteiger partial charge in [-0.2, -0.15) is 5.10 Å². The van der Waals surface area contributed by atoms with Crippen molar-refractivity contribution >= 4 is 35.3 Å². The van der Waals surface area contributed by atoms with Crippen molar-refractivity contribution in [1.82, 2.24) is 10.2 Å². The summed E-state index contributed by atoms with van der Waals surface area (Å²) >= 11 is 8.01. The highest BCUT2D eigenvalue weighted by Crippen LogP contribution is 2.19. The molecule has 0 aromatic carbocycles. The van der Waals surface area contributed by atoms with E-state index in [0.717, 1.165) is 20.7 Å². The van der Waals surface area contributed by atoms with Gasteiger partial charge in [0.2, 0.25) is 0 Å². The Hall–Kier alpha value is 0.0900. The summed E-state index contributed by atoms with van der Waals surface area (Å²) in [5.41, 5.74) is 0. The van der Waals surface area contributed by atoms with Crippen molar-refractivity contribution in [3.63, 3.8) is 0 Å². The molecule has 1 heterocycles. The van der Waals surface area contributed by atoms with E-state index >= 15 is 0 Å². The van der Waals surface area contributed by atoms with Crippen LogP contribution in [0.25, 0.3) is 0 Å². The van der Waals surface area contributed by atoms with Crippen LogP contribution in [0.5, 0.6) is 0 Å². The van der Waals surface area contributed by atoms with Gasteiger partial charge in [-0.1, -0.05) is 23.1 Å². The predicted molar refractivity (Wildman–Crippen MR) is 49.9 cm³/mol. The van der Waals surface area contributed by atoms with E-state index in [4.69, 9.17) is 17.0 Å². The molecule has 62 valence electrons. The molecule has 0 unspecified atom stereocenters. The molecule has 1 N–H and O–H groups in total. The topological polar surface area (TPSA) is 37.9 Å². The molecule has 1 rings (SSSR count). The molecule has 0 saturated carbocycles. The average Bonchev–Trinajstić information content (AvgIpc) is 2.37. The molecule has 0 spiro atoms. The number of aromatic amines is 1. The second-order valence-corrected chi connectivity index (χ2v) is 4.73. The molecule has 0 aliphatic carbocycles. The number of rotatable bonds is 4. The fraction of sp³-hybridized carbons (Fsp3) is 0.600. The van der Waals surface area contributed by atoms with Gasteiger partial charge in [-0.05, 0) is 12.2 Å². The van der Waals surface area contributed by atoms with Gasteiger partial charge in [0.15, 0.2) is 8.29 Å². The maximum Gasteiger partial charge on any atom is 0.177 e. The first-order chi connectivity index (χ1) is 5.33. The first-order valence-electron chi connectivity index (χ1n) is 3.00. The summed E-state index contributed by atoms with van der Waals surface area (Å²) < 4.78 is 6.60. The summed E-state index contributed by atoms with van der Waals surface area (Å²) in [5.74, 6) is 0.923. The highest BCUT2D eigenvalue weighted by molar-refractivity contribution is 8.01. The number of hydrogen-bond acceptors (Lipinski definition) is 5. The molecule has 3 nitrogen and oxygen atoms in total. The van der Waals surface area contributed by atoms with Crippen LogP contribution < -0.4 is 0 Å². The second-order valence-electron chi connectivity index (χ2n) is 1.72. The van der Waals surface area contributed by atoms with E-state index in [2.05, 4.69) is 10.2 Å². The third kappa shape index (κ3) is 3.33. The third-order valence-electron chi connectivity index (χ3n) is 0.931. The predicted octanol–water partition coefficient (Wildman–Crippen LogP) is 1.94. The lowest BCUT2D eigenvalue weighted by molar-refractivity contribution is 0.218. The zero-order valence-corrected chi connectivity index (χ0v) is 8.44. The Kier molecular flexibility index (Phi) is 4.06. The fourth-order valence-corrected chi connectivity index (χ4v) is 2.54. The number of aromatic nitrogens is 2. The molecule has 0 aliphatic heterocycles. The minimum Gasteiger partial charge on any atom is -0.384 e. The summed E-state index contributed by atoms with van der Waals surface area (Å²) in [4.78, 5) is 0. The van der Waals surface area contributed by atoms with E-state index in [1.165, 1.54) is 11.3 Å². The number of H-pyrrole nitrogens is 1. The Bertz CT molecular complexity index is 256. The van der Waals surface area contributed by atoms with E-state index in [0.29, 0.717) is 0 Å². The molecule has 11 heavy (non-hydrogen) atoms. The van der Waals surface area contributed by atoms with Gasteiger partial charge in [0.05, 0.1) is 6.61 Å². The van der Waals surface area contributed by atoms with Crippen LogP contribution in [-0.2, 0) is 4.74 Å². The van der Waals surface area contributed by atoms with Crippen molar-refractivity contribution in [1.29, 1.82) is 0 Å². The summed E-state index contributed by atoms with van der Waals surface area (Å²) in [6.45, 7) is 0.747. The summed E-state index contributed by atoms with van der Waals surface area (Å²) in [5, 5.41) is 6.70. The number of hydrogen-bond donors (Lipinski definition) is 1. The van der Waals surface area contributed by atoms with Crippen molar-refractivity contribution in [3.05, 3.63) is 3.95 Å². The molecular formula is C5H8N2OS3. The third-order valence-corrected chi connectivity index (χ3v) is 3.13. The van der Waals surface area contributed by atoms with Crippen LogP contribution >= 0.6 is 35.3 Å². The van der Waals surface area contributed by atoms with Gasteiger partial charge in [0.1, 0.15) is 0 Å². The standard InChI is InChI=1S/C5H8N2OS3/c1-8-2-3-10-5-7-6-4(9)11-5/h2-3H2,1H3,(H,6,9). The molecule has 0 fully saturated rings. The number of ether oxygens (including phenoxy) is 1. The summed E-state index contributed by atoms with van der Waals surface area (Å²) in [7, 11) is 1.69. The molecule has 0 atom stereocenters. The van der Waals surface area contributed by atoms with Crippen LogP contribution in [0.2, 0.25) is 0 Å². The van der Waals surface area contributed by atoms with Gasteiger partial charge in [0, 0.05) is 12.9 Å². The second kappa shape index (κ2) is 4.87. The molecule has 1 aromatic rings. The van der Waals surface area contributed by atoms with Gasteiger partial charge < -0.3 is 4.74 Å². The van der Waals surface area contributed by atoms with E-state index in [1.807, 2.05) is 0 Å². The molecule has 1 aromatic heterocycles. The Morgan fingerprint density at radius 1 is 1.82 bits per heavy atom. The van der Waals surface area contributed by atoms with Crippen molar-refractivity contribution < 1.29 is 4.74 Å². The average molecular weight is 208 g/mol. The first-order valence-corrected chi connectivity index (χ1v) is 5.21. The van der Waals surface area contributed by atoms with Crippen LogP contribution in [0, 0.1) is 3.95 Å². The van der Waals surface area contributed by atoms with Crippen LogP contribution in [0.15, 0.2) is 4.34 Å². The number of nitrogens with one attached hydrogen (secondary N) is 1. The Morgan fingerprint density at radius 3 is 3.18 bits per heavy atom. The molecule has 0 bridgehead atoms. The van der Waals surface area contributed by atoms with Crippen molar-refractivity contribution in [2.75, 3.05) is 19.5 Å². The minimum atomic E-state index is 0.727. The molecule has 0 amide bonds. The number of methoxy groups -OCH3 is 1. The van der Waals surface area contributed by atoms with Crippen molar-refractivity contribution in [3.8, 4) is 0 Å². The zero-order valence-electron chi connectivity index (χ0n) is 5.99. The molecule has 0 radical (unpaired) electrons. The van der Waals surface area contributed by atoms with Crippen LogP contribution in [0.3, 0.4) is 0 Å². The monoisotopic (exact) mass is 208 g/mol. The lowest BCUT2D eigenvalue weighted by atomic mass is 10.9. The Morgan fingerprint density at radius 2 is 2.64 bits per heavy atom. The lowest BCUT2D eigenvalue weighted by Gasteiger charge is -1.93. The molecule has 6 heteroatoms. The van der Waals surface area contributed by atoms with Crippen molar-refractivity contribution in [2.45, 2.75) is 4.34 Å². The van der Waals surface area contributed by atoms with E-state index in [-0.39, 0.29) is 0 Å². The molecular weight excluding hydrogens is 200 g/mol. The number of thioether (sulfide) groups is 1. The Balaban J connectivity index is 2.33. The normalized spacial score (nSPS) is 10.3. The molecule has 0 saturated heterocycles. The highest BCUT2D eigenvalue weighted by Gasteiger charge is 1.96. The van der Waals surface area contributed by atoms with Gasteiger partial charge in [-0.25, -0.2) is 0 Å². The fourth-order valence-electron chi connectivity index (χ4n) is 0.490. The van der Waals surface area contributed by atoms with Crippen LogP contribution in [-0.4, -0.2) is 29.7 Å². The van der Waals surface area contributed by atoms with Gasteiger partial charge >= 0.3 is 0 Å². The van der Waals surface area contributed by atoms with Gasteiger partial charge in [-0.3, -0.25) is 5.10 Å². The molecule has 0 aliphatic rings. The quantitative estimate of drug-likeness (QED) is 0.466. The smallest absolute Gasteiger partial charge is 0.177 e. The van der Waals surface area contributed by atoms with Crippen LogP contribution in [0.4, 0.5) is 0 Å². The summed E-state index contributed by atoms with van der Waals surface area (Å²) in [6.07, 6.45) is 0. The van der Waals surface area contributed by atoms with Gasteiger partial charge in [-0.15, -0.1) is 0 Å². The van der Waals surface area contributed by atoms with E-state index < -0.39 is 0 Å².